The van der Waals surface area contributed by atoms with Gasteiger partial charge in [-0.15, -0.1) is 0 Å². The summed E-state index contributed by atoms with van der Waals surface area (Å²) >= 11 is 0. The van der Waals surface area contributed by atoms with Gasteiger partial charge in [0, 0.05) is 30.2 Å². The summed E-state index contributed by atoms with van der Waals surface area (Å²) in [6, 6.07) is 7.78. The van der Waals surface area contributed by atoms with Gasteiger partial charge in [-0.3, -0.25) is 4.90 Å². The molecule has 2 aliphatic rings. The molecular weight excluding hydrogens is 203 g/mol. The Bertz CT molecular complexity index is 397. The zero-order chi connectivity index (χ0) is 11.2. The quantitative estimate of drug-likeness (QED) is 0.834. The van der Waals surface area contributed by atoms with E-state index in [4.69, 9.17) is 0 Å². The van der Waals surface area contributed by atoms with Crippen LogP contribution in [0.3, 0.4) is 0 Å². The molecule has 1 N–H and O–H groups in total. The predicted octanol–water partition coefficient (Wildman–Crippen LogP) is 1.72. The predicted molar refractivity (Wildman–Crippen MR) is 61.7 cm³/mol. The van der Waals surface area contributed by atoms with Gasteiger partial charge in [-0.1, -0.05) is 18.2 Å². The molecule has 1 heterocycles. The SMILES string of the molecule is CN(C1CNC1)C1(c2ccccc2F)CC1. The summed E-state index contributed by atoms with van der Waals surface area (Å²) in [6.45, 7) is 2.07. The second-order valence-corrected chi connectivity index (χ2v) is 4.93. The Balaban J connectivity index is 1.90. The molecule has 3 rings (SSSR count). The number of benzene rings is 1. The molecule has 1 aromatic carbocycles. The summed E-state index contributed by atoms with van der Waals surface area (Å²) < 4.78 is 13.8. The molecule has 3 heteroatoms. The van der Waals surface area contributed by atoms with Gasteiger partial charge in [0.2, 0.25) is 0 Å². The first kappa shape index (κ1) is 10.2. The van der Waals surface area contributed by atoms with Crippen molar-refractivity contribution in [2.45, 2.75) is 24.4 Å². The van der Waals surface area contributed by atoms with E-state index in [2.05, 4.69) is 17.3 Å². The highest BCUT2D eigenvalue weighted by molar-refractivity contribution is 5.32. The van der Waals surface area contributed by atoms with Crippen LogP contribution in [0.1, 0.15) is 18.4 Å². The maximum absolute atomic E-state index is 13.8. The van der Waals surface area contributed by atoms with Crippen LogP contribution >= 0.6 is 0 Å². The summed E-state index contributed by atoms with van der Waals surface area (Å²) in [7, 11) is 2.13. The van der Waals surface area contributed by atoms with Crippen molar-refractivity contribution < 1.29 is 4.39 Å². The molecule has 0 radical (unpaired) electrons. The van der Waals surface area contributed by atoms with Crippen molar-refractivity contribution in [3.8, 4) is 0 Å². The average molecular weight is 220 g/mol. The van der Waals surface area contributed by atoms with E-state index >= 15 is 0 Å². The fourth-order valence-corrected chi connectivity index (χ4v) is 2.67. The van der Waals surface area contributed by atoms with Gasteiger partial charge in [-0.2, -0.15) is 0 Å². The Morgan fingerprint density at radius 3 is 2.50 bits per heavy atom. The molecule has 86 valence electrons. The van der Waals surface area contributed by atoms with Gasteiger partial charge >= 0.3 is 0 Å². The van der Waals surface area contributed by atoms with Crippen LogP contribution in [0, 0.1) is 5.82 Å². The smallest absolute Gasteiger partial charge is 0.128 e. The third-order valence-corrected chi connectivity index (χ3v) is 4.08. The Kier molecular flexibility index (Phi) is 2.26. The number of likely N-dealkylation sites (N-methyl/N-ethyl adjacent to an activating group) is 1. The van der Waals surface area contributed by atoms with E-state index in [1.165, 1.54) is 0 Å². The van der Waals surface area contributed by atoms with Crippen LogP contribution in [-0.4, -0.2) is 31.1 Å². The van der Waals surface area contributed by atoms with E-state index in [0.29, 0.717) is 6.04 Å². The molecule has 0 atom stereocenters. The maximum Gasteiger partial charge on any atom is 0.128 e. The number of hydrogen-bond acceptors (Lipinski definition) is 2. The van der Waals surface area contributed by atoms with E-state index in [1.54, 1.807) is 12.1 Å². The second-order valence-electron chi connectivity index (χ2n) is 4.93. The number of nitrogens with zero attached hydrogens (tertiary/aromatic N) is 1. The number of rotatable bonds is 3. The van der Waals surface area contributed by atoms with Gasteiger partial charge in [0.05, 0.1) is 0 Å². The molecule has 16 heavy (non-hydrogen) atoms. The Labute approximate surface area is 95.4 Å². The van der Waals surface area contributed by atoms with Crippen molar-refractivity contribution >= 4 is 0 Å². The molecule has 1 aliphatic heterocycles. The van der Waals surface area contributed by atoms with E-state index in [9.17, 15) is 4.39 Å². The van der Waals surface area contributed by atoms with Crippen LogP contribution in [0.5, 0.6) is 0 Å². The van der Waals surface area contributed by atoms with Crippen molar-refractivity contribution in [2.24, 2.45) is 0 Å². The van der Waals surface area contributed by atoms with E-state index < -0.39 is 0 Å². The zero-order valence-corrected chi connectivity index (χ0v) is 9.54. The number of halogens is 1. The van der Waals surface area contributed by atoms with Crippen LogP contribution < -0.4 is 5.32 Å². The van der Waals surface area contributed by atoms with Crippen molar-refractivity contribution in [1.29, 1.82) is 0 Å². The Morgan fingerprint density at radius 1 is 1.31 bits per heavy atom. The van der Waals surface area contributed by atoms with Crippen molar-refractivity contribution in [2.75, 3.05) is 20.1 Å². The highest BCUT2D eigenvalue weighted by atomic mass is 19.1. The lowest BCUT2D eigenvalue weighted by Gasteiger charge is -2.41. The first-order valence-electron chi connectivity index (χ1n) is 5.93. The van der Waals surface area contributed by atoms with Crippen LogP contribution in [0.25, 0.3) is 0 Å². The number of nitrogens with one attached hydrogen (secondary N) is 1. The summed E-state index contributed by atoms with van der Waals surface area (Å²) in [5.41, 5.74) is 0.863. The van der Waals surface area contributed by atoms with Gasteiger partial charge in [-0.25, -0.2) is 4.39 Å². The average Bonchev–Trinajstić information content (AvgIpc) is 2.96. The lowest BCUT2D eigenvalue weighted by atomic mass is 9.99. The van der Waals surface area contributed by atoms with Gasteiger partial charge in [0.1, 0.15) is 5.82 Å². The Hall–Kier alpha value is -0.930. The number of hydrogen-bond donors (Lipinski definition) is 1. The largest absolute Gasteiger partial charge is 0.314 e. The van der Waals surface area contributed by atoms with Crippen LogP contribution in [0.2, 0.25) is 0 Å². The summed E-state index contributed by atoms with van der Waals surface area (Å²) in [5.74, 6) is -0.0564. The molecule has 0 unspecified atom stereocenters. The lowest BCUT2D eigenvalue weighted by molar-refractivity contribution is 0.109. The first-order chi connectivity index (χ1) is 7.74. The standard InChI is InChI=1S/C13H17FN2/c1-16(10-8-15-9-10)13(6-7-13)11-4-2-3-5-12(11)14/h2-5,10,15H,6-9H2,1H3. The highest BCUT2D eigenvalue weighted by Gasteiger charge is 2.51. The van der Waals surface area contributed by atoms with Gasteiger partial charge < -0.3 is 5.32 Å². The molecule has 0 bridgehead atoms. The minimum absolute atomic E-state index is 0.0158. The Morgan fingerprint density at radius 2 is 2.00 bits per heavy atom. The van der Waals surface area contributed by atoms with E-state index in [1.807, 2.05) is 12.1 Å². The fourth-order valence-electron chi connectivity index (χ4n) is 2.67. The van der Waals surface area contributed by atoms with Crippen molar-refractivity contribution in [3.05, 3.63) is 35.6 Å². The lowest BCUT2D eigenvalue weighted by Crippen LogP contribution is -2.58. The summed E-state index contributed by atoms with van der Waals surface area (Å²) in [6.07, 6.45) is 2.17. The zero-order valence-electron chi connectivity index (χ0n) is 9.54. The molecule has 2 fully saturated rings. The molecule has 0 amide bonds. The molecule has 1 saturated heterocycles. The third-order valence-electron chi connectivity index (χ3n) is 4.08. The van der Waals surface area contributed by atoms with Crippen LogP contribution in [0.15, 0.2) is 24.3 Å². The molecule has 1 aliphatic carbocycles. The normalized spacial score (nSPS) is 23.2. The van der Waals surface area contributed by atoms with E-state index in [0.717, 1.165) is 31.5 Å². The molecule has 0 spiro atoms. The molecular formula is C13H17FN2. The molecule has 2 nitrogen and oxygen atoms in total. The summed E-state index contributed by atoms with van der Waals surface area (Å²) in [5, 5.41) is 3.27. The van der Waals surface area contributed by atoms with Crippen LogP contribution in [-0.2, 0) is 5.54 Å². The topological polar surface area (TPSA) is 15.3 Å². The summed E-state index contributed by atoms with van der Waals surface area (Å²) in [4.78, 5) is 2.36. The highest BCUT2D eigenvalue weighted by Crippen LogP contribution is 2.52. The third kappa shape index (κ3) is 1.39. The maximum atomic E-state index is 13.8. The minimum Gasteiger partial charge on any atom is -0.314 e. The molecule has 1 aromatic rings. The van der Waals surface area contributed by atoms with Gasteiger partial charge in [-0.05, 0) is 26.0 Å². The monoisotopic (exact) mass is 220 g/mol. The molecule has 0 aromatic heterocycles. The molecule has 1 saturated carbocycles. The first-order valence-corrected chi connectivity index (χ1v) is 5.93. The van der Waals surface area contributed by atoms with Crippen molar-refractivity contribution in [3.63, 3.8) is 0 Å². The minimum atomic E-state index is -0.0564. The van der Waals surface area contributed by atoms with Gasteiger partial charge in [0.25, 0.3) is 0 Å². The fraction of sp³-hybridized carbons (Fsp3) is 0.538. The van der Waals surface area contributed by atoms with E-state index in [-0.39, 0.29) is 11.4 Å². The van der Waals surface area contributed by atoms with Crippen molar-refractivity contribution in [1.82, 2.24) is 10.2 Å². The second kappa shape index (κ2) is 3.54. The van der Waals surface area contributed by atoms with Crippen LogP contribution in [0.4, 0.5) is 4.39 Å². The van der Waals surface area contributed by atoms with Gasteiger partial charge in [0.15, 0.2) is 0 Å².